The third-order valence-corrected chi connectivity index (χ3v) is 5.92. The maximum absolute atomic E-state index is 5.28. The minimum Gasteiger partial charge on any atom is -0.497 e. The lowest BCUT2D eigenvalue weighted by Gasteiger charge is -2.09. The van der Waals surface area contributed by atoms with Crippen LogP contribution in [0.1, 0.15) is 5.56 Å². The summed E-state index contributed by atoms with van der Waals surface area (Å²) in [6, 6.07) is 20.3. The number of ether oxygens (including phenoxy) is 1. The fraction of sp³-hybridized carbons (Fsp3) is 0.0909. The first kappa shape index (κ1) is 17.6. The van der Waals surface area contributed by atoms with Gasteiger partial charge in [0.25, 0.3) is 0 Å². The van der Waals surface area contributed by atoms with Gasteiger partial charge in [-0.25, -0.2) is 9.97 Å². The molecule has 3 aromatic carbocycles. The van der Waals surface area contributed by atoms with Crippen molar-refractivity contribution in [2.75, 3.05) is 7.11 Å². The molecule has 2 aromatic heterocycles. The Bertz CT molecular complexity index is 1340. The third kappa shape index (κ3) is 2.88. The summed E-state index contributed by atoms with van der Waals surface area (Å²) in [7, 11) is 1.68. The molecule has 0 N–H and O–H groups in total. The summed E-state index contributed by atoms with van der Waals surface area (Å²) in [4.78, 5) is 9.89. The van der Waals surface area contributed by atoms with Crippen LogP contribution in [0.5, 0.6) is 5.75 Å². The molecule has 0 aliphatic rings. The van der Waals surface area contributed by atoms with Gasteiger partial charge in [-0.3, -0.25) is 0 Å². The highest BCUT2D eigenvalue weighted by atomic mass is 79.9. The number of rotatable bonds is 3. The second-order valence-corrected chi connectivity index (χ2v) is 8.37. The van der Waals surface area contributed by atoms with Crippen molar-refractivity contribution in [3.8, 4) is 5.75 Å². The monoisotopic (exact) mass is 495 g/mol. The number of nitrogens with zero attached hydrogens (tertiary/aromatic N) is 3. The highest BCUT2D eigenvalue weighted by Crippen LogP contribution is 2.36. The predicted octanol–water partition coefficient (Wildman–Crippen LogP) is 6.32. The van der Waals surface area contributed by atoms with Crippen molar-refractivity contribution in [2.24, 2.45) is 0 Å². The lowest BCUT2D eigenvalue weighted by atomic mass is 10.2. The summed E-state index contributed by atoms with van der Waals surface area (Å²) in [6.45, 7) is 0.692. The van der Waals surface area contributed by atoms with Gasteiger partial charge >= 0.3 is 0 Å². The molecule has 0 bridgehead atoms. The van der Waals surface area contributed by atoms with Crippen molar-refractivity contribution < 1.29 is 4.74 Å². The van der Waals surface area contributed by atoms with Crippen molar-refractivity contribution >= 4 is 65.0 Å². The number of halogens is 2. The molecule has 138 valence electrons. The van der Waals surface area contributed by atoms with Gasteiger partial charge in [0.05, 0.1) is 23.7 Å². The Morgan fingerprint density at radius 1 is 0.929 bits per heavy atom. The van der Waals surface area contributed by atoms with Crippen molar-refractivity contribution in [1.29, 1.82) is 0 Å². The first-order chi connectivity index (χ1) is 13.6. The molecular formula is C22H15Br2N3O. The van der Waals surface area contributed by atoms with E-state index in [9.17, 15) is 0 Å². The van der Waals surface area contributed by atoms with Crippen LogP contribution in [0, 0.1) is 0 Å². The smallest absolute Gasteiger partial charge is 0.160 e. The maximum atomic E-state index is 5.28. The van der Waals surface area contributed by atoms with Crippen LogP contribution in [0.25, 0.3) is 33.1 Å². The Labute approximate surface area is 178 Å². The molecule has 0 saturated carbocycles. The van der Waals surface area contributed by atoms with Crippen molar-refractivity contribution in [1.82, 2.24) is 14.5 Å². The highest BCUT2D eigenvalue weighted by molar-refractivity contribution is 9.11. The van der Waals surface area contributed by atoms with Gasteiger partial charge in [0.1, 0.15) is 11.3 Å². The molecule has 5 aromatic rings. The van der Waals surface area contributed by atoms with Crippen LogP contribution < -0.4 is 4.74 Å². The lowest BCUT2D eigenvalue weighted by molar-refractivity contribution is 0.414. The van der Waals surface area contributed by atoms with E-state index in [1.807, 2.05) is 36.4 Å². The molecule has 0 amide bonds. The molecular weight excluding hydrogens is 482 g/mol. The first-order valence-corrected chi connectivity index (χ1v) is 10.4. The van der Waals surface area contributed by atoms with Crippen molar-refractivity contribution in [2.45, 2.75) is 6.54 Å². The molecule has 0 spiro atoms. The average Bonchev–Trinajstić information content (AvgIpc) is 3.00. The van der Waals surface area contributed by atoms with Gasteiger partial charge in [0.2, 0.25) is 0 Å². The summed E-state index contributed by atoms with van der Waals surface area (Å²) >= 11 is 7.35. The van der Waals surface area contributed by atoms with Crippen LogP contribution in [0.2, 0.25) is 0 Å². The minimum absolute atomic E-state index is 0.692. The zero-order valence-electron chi connectivity index (χ0n) is 15.0. The highest BCUT2D eigenvalue weighted by Gasteiger charge is 2.17. The van der Waals surface area contributed by atoms with Crippen molar-refractivity contribution in [3.63, 3.8) is 0 Å². The number of benzene rings is 3. The Morgan fingerprint density at radius 2 is 1.64 bits per heavy atom. The quantitative estimate of drug-likeness (QED) is 0.293. The van der Waals surface area contributed by atoms with Crippen LogP contribution in [-0.2, 0) is 6.54 Å². The predicted molar refractivity (Wildman–Crippen MR) is 120 cm³/mol. The molecule has 0 unspecified atom stereocenters. The van der Waals surface area contributed by atoms with Gasteiger partial charge in [-0.15, -0.1) is 0 Å². The standard InChI is InChI=1S/C22H15Br2N3O/c1-28-15-8-6-13(7-9-15)12-27-21-16(10-14(23)11-17(21)24)20-22(27)26-19-5-3-2-4-18(19)25-20/h2-11H,12H2,1H3. The molecule has 0 radical (unpaired) electrons. The van der Waals surface area contributed by atoms with Gasteiger partial charge < -0.3 is 9.30 Å². The SMILES string of the molecule is COc1ccc(Cn2c3nc4ccccc4nc3c3cc(Br)cc(Br)c32)cc1. The summed E-state index contributed by atoms with van der Waals surface area (Å²) < 4.78 is 9.52. The van der Waals surface area contributed by atoms with E-state index in [4.69, 9.17) is 14.7 Å². The van der Waals surface area contributed by atoms with E-state index >= 15 is 0 Å². The van der Waals surface area contributed by atoms with Crippen LogP contribution in [0.15, 0.2) is 69.6 Å². The second-order valence-electron chi connectivity index (χ2n) is 6.60. The molecule has 0 atom stereocenters. The Kier molecular flexibility index (Phi) is 4.33. The van der Waals surface area contributed by atoms with Crippen LogP contribution >= 0.6 is 31.9 Å². The fourth-order valence-electron chi connectivity index (χ4n) is 3.55. The normalized spacial score (nSPS) is 11.5. The molecule has 0 aliphatic heterocycles. The van der Waals surface area contributed by atoms with E-state index < -0.39 is 0 Å². The number of aromatic nitrogens is 3. The molecule has 0 aliphatic carbocycles. The number of fused-ring (bicyclic) bond motifs is 4. The van der Waals surface area contributed by atoms with Gasteiger partial charge in [-0.05, 0) is 57.9 Å². The molecule has 6 heteroatoms. The van der Waals surface area contributed by atoms with Gasteiger partial charge in [-0.1, -0.05) is 40.2 Å². The molecule has 0 fully saturated rings. The molecule has 4 nitrogen and oxygen atoms in total. The summed E-state index contributed by atoms with van der Waals surface area (Å²) in [5, 5.41) is 1.07. The van der Waals surface area contributed by atoms with E-state index in [1.54, 1.807) is 7.11 Å². The molecule has 5 rings (SSSR count). The van der Waals surface area contributed by atoms with E-state index in [0.717, 1.165) is 47.8 Å². The summed E-state index contributed by atoms with van der Waals surface area (Å²) in [5.41, 5.74) is 5.83. The number of para-hydroxylation sites is 2. The topological polar surface area (TPSA) is 39.9 Å². The zero-order valence-corrected chi connectivity index (χ0v) is 18.2. The van der Waals surface area contributed by atoms with Gasteiger partial charge in [0.15, 0.2) is 5.65 Å². The number of hydrogen-bond acceptors (Lipinski definition) is 3. The van der Waals surface area contributed by atoms with Gasteiger partial charge in [0, 0.05) is 20.9 Å². The summed E-state index contributed by atoms with van der Waals surface area (Å²) in [6.07, 6.45) is 0. The van der Waals surface area contributed by atoms with E-state index in [2.05, 4.69) is 60.7 Å². The molecule has 2 heterocycles. The third-order valence-electron chi connectivity index (χ3n) is 4.86. The number of methoxy groups -OCH3 is 1. The average molecular weight is 497 g/mol. The summed E-state index contributed by atoms with van der Waals surface area (Å²) in [5.74, 6) is 0.849. The van der Waals surface area contributed by atoms with Crippen molar-refractivity contribution in [3.05, 3.63) is 75.2 Å². The minimum atomic E-state index is 0.692. The van der Waals surface area contributed by atoms with Crippen LogP contribution in [0.4, 0.5) is 0 Å². The fourth-order valence-corrected chi connectivity index (χ4v) is 4.99. The van der Waals surface area contributed by atoms with Crippen LogP contribution in [-0.4, -0.2) is 21.6 Å². The Morgan fingerprint density at radius 3 is 2.36 bits per heavy atom. The largest absolute Gasteiger partial charge is 0.497 e. The zero-order chi connectivity index (χ0) is 19.3. The second kappa shape index (κ2) is 6.87. The first-order valence-electron chi connectivity index (χ1n) is 8.81. The van der Waals surface area contributed by atoms with E-state index in [-0.39, 0.29) is 0 Å². The van der Waals surface area contributed by atoms with Crippen LogP contribution in [0.3, 0.4) is 0 Å². The van der Waals surface area contributed by atoms with E-state index in [0.29, 0.717) is 6.54 Å². The lowest BCUT2D eigenvalue weighted by Crippen LogP contribution is -2.01. The Hall–Kier alpha value is -2.44. The van der Waals surface area contributed by atoms with Gasteiger partial charge in [-0.2, -0.15) is 0 Å². The Balaban J connectivity index is 1.82. The molecule has 28 heavy (non-hydrogen) atoms. The number of hydrogen-bond donors (Lipinski definition) is 0. The maximum Gasteiger partial charge on any atom is 0.160 e. The molecule has 0 saturated heterocycles. The van der Waals surface area contributed by atoms with E-state index in [1.165, 1.54) is 5.56 Å².